The standard InChI is InChI=1S/C14H9F3O2S/c15-10-6-5-9(13(16)14(10)17)8-3-1-2-4-11(8)19-7-12(18)20/h1-6H,7H2,(H,18,20). The molecule has 0 heterocycles. The first-order valence-electron chi connectivity index (χ1n) is 5.58. The molecule has 0 aliphatic rings. The Morgan fingerprint density at radius 1 is 1.00 bits per heavy atom. The molecular weight excluding hydrogens is 289 g/mol. The molecule has 20 heavy (non-hydrogen) atoms. The lowest BCUT2D eigenvalue weighted by Gasteiger charge is -2.11. The van der Waals surface area contributed by atoms with Crippen LogP contribution in [-0.2, 0) is 4.79 Å². The monoisotopic (exact) mass is 298 g/mol. The zero-order chi connectivity index (χ0) is 14.7. The summed E-state index contributed by atoms with van der Waals surface area (Å²) in [5.74, 6) is -3.95. The smallest absolute Gasteiger partial charge is 0.223 e. The molecule has 2 rings (SSSR count). The highest BCUT2D eigenvalue weighted by molar-refractivity contribution is 7.96. The lowest BCUT2D eigenvalue weighted by Crippen LogP contribution is -2.05. The van der Waals surface area contributed by atoms with E-state index in [0.717, 1.165) is 12.1 Å². The second kappa shape index (κ2) is 6.00. The number of rotatable bonds is 4. The van der Waals surface area contributed by atoms with Crippen molar-refractivity contribution >= 4 is 17.7 Å². The van der Waals surface area contributed by atoms with E-state index in [9.17, 15) is 18.0 Å². The number of carbonyl (C=O) groups excluding carboxylic acids is 1. The molecule has 0 aliphatic heterocycles. The lowest BCUT2D eigenvalue weighted by atomic mass is 10.0. The van der Waals surface area contributed by atoms with E-state index < -0.39 is 22.6 Å². The molecule has 0 unspecified atom stereocenters. The van der Waals surface area contributed by atoms with Gasteiger partial charge in [0.2, 0.25) is 5.12 Å². The van der Waals surface area contributed by atoms with Gasteiger partial charge in [0.25, 0.3) is 0 Å². The van der Waals surface area contributed by atoms with Gasteiger partial charge in [-0.25, -0.2) is 13.2 Å². The minimum atomic E-state index is -1.55. The summed E-state index contributed by atoms with van der Waals surface area (Å²) in [4.78, 5) is 10.8. The highest BCUT2D eigenvalue weighted by atomic mass is 32.1. The lowest BCUT2D eigenvalue weighted by molar-refractivity contribution is -0.112. The molecule has 0 fully saturated rings. The Morgan fingerprint density at radius 2 is 1.70 bits per heavy atom. The first-order chi connectivity index (χ1) is 9.50. The molecule has 0 spiro atoms. The normalized spacial score (nSPS) is 10.4. The van der Waals surface area contributed by atoms with Crippen molar-refractivity contribution in [3.8, 4) is 16.9 Å². The van der Waals surface area contributed by atoms with E-state index in [1.54, 1.807) is 12.1 Å². The fraction of sp³-hybridized carbons (Fsp3) is 0.0714. The van der Waals surface area contributed by atoms with Crippen molar-refractivity contribution in [3.63, 3.8) is 0 Å². The summed E-state index contributed by atoms with van der Waals surface area (Å²) in [6, 6.07) is 8.11. The third-order valence-electron chi connectivity index (χ3n) is 2.56. The Labute approximate surface area is 118 Å². The van der Waals surface area contributed by atoms with Crippen LogP contribution < -0.4 is 4.74 Å². The van der Waals surface area contributed by atoms with Crippen molar-refractivity contribution in [2.24, 2.45) is 0 Å². The van der Waals surface area contributed by atoms with E-state index in [0.29, 0.717) is 0 Å². The van der Waals surface area contributed by atoms with Gasteiger partial charge < -0.3 is 4.74 Å². The van der Waals surface area contributed by atoms with Gasteiger partial charge in [0.05, 0.1) is 0 Å². The van der Waals surface area contributed by atoms with Gasteiger partial charge in [-0.1, -0.05) is 18.2 Å². The molecule has 0 aromatic heterocycles. The summed E-state index contributed by atoms with van der Waals surface area (Å²) < 4.78 is 45.1. The van der Waals surface area contributed by atoms with Crippen molar-refractivity contribution in [3.05, 3.63) is 53.8 Å². The van der Waals surface area contributed by atoms with Crippen LogP contribution in [0.2, 0.25) is 0 Å². The highest BCUT2D eigenvalue weighted by Crippen LogP contribution is 2.33. The molecular formula is C14H9F3O2S. The maximum atomic E-state index is 13.8. The van der Waals surface area contributed by atoms with Gasteiger partial charge in [0, 0.05) is 11.1 Å². The number of benzene rings is 2. The predicted molar refractivity (Wildman–Crippen MR) is 71.2 cm³/mol. The Hall–Kier alpha value is -1.95. The Bertz CT molecular complexity index is 659. The van der Waals surface area contributed by atoms with Crippen molar-refractivity contribution in [2.45, 2.75) is 0 Å². The molecule has 0 saturated carbocycles. The number of ether oxygens (including phenoxy) is 1. The number of hydrogen-bond acceptors (Lipinski definition) is 2. The van der Waals surface area contributed by atoms with Gasteiger partial charge in [-0.05, 0) is 18.2 Å². The van der Waals surface area contributed by atoms with E-state index in [1.165, 1.54) is 12.1 Å². The fourth-order valence-corrected chi connectivity index (χ4v) is 1.75. The van der Waals surface area contributed by atoms with Crippen molar-refractivity contribution < 1.29 is 22.7 Å². The third-order valence-corrected chi connectivity index (χ3v) is 2.69. The average Bonchev–Trinajstić information content (AvgIpc) is 2.43. The summed E-state index contributed by atoms with van der Waals surface area (Å²) in [6.07, 6.45) is 0. The predicted octanol–water partition coefficient (Wildman–Crippen LogP) is 3.61. The molecule has 0 aliphatic carbocycles. The number of para-hydroxylation sites is 1. The van der Waals surface area contributed by atoms with Gasteiger partial charge >= 0.3 is 0 Å². The second-order valence-corrected chi connectivity index (χ2v) is 4.40. The van der Waals surface area contributed by atoms with E-state index >= 15 is 0 Å². The van der Waals surface area contributed by atoms with Crippen LogP contribution in [0.25, 0.3) is 11.1 Å². The molecule has 0 bridgehead atoms. The van der Waals surface area contributed by atoms with Crippen molar-refractivity contribution in [1.82, 2.24) is 0 Å². The SMILES string of the molecule is O=C(S)COc1ccccc1-c1ccc(F)c(F)c1F. The summed E-state index contributed by atoms with van der Waals surface area (Å²) in [6.45, 7) is -0.314. The van der Waals surface area contributed by atoms with Crippen LogP contribution in [0.15, 0.2) is 36.4 Å². The highest BCUT2D eigenvalue weighted by Gasteiger charge is 2.17. The van der Waals surface area contributed by atoms with E-state index in [2.05, 4.69) is 12.6 Å². The van der Waals surface area contributed by atoms with Crippen LogP contribution in [-0.4, -0.2) is 11.7 Å². The van der Waals surface area contributed by atoms with Gasteiger partial charge in [0.1, 0.15) is 5.75 Å². The Kier molecular flexibility index (Phi) is 4.34. The largest absolute Gasteiger partial charge is 0.484 e. The molecule has 2 aromatic rings. The Balaban J connectivity index is 2.48. The first-order valence-corrected chi connectivity index (χ1v) is 6.03. The quantitative estimate of drug-likeness (QED) is 0.689. The third kappa shape index (κ3) is 2.96. The summed E-state index contributed by atoms with van der Waals surface area (Å²) in [5.41, 5.74) is 0.0737. The number of hydrogen-bond donors (Lipinski definition) is 1. The van der Waals surface area contributed by atoms with Gasteiger partial charge in [-0.15, -0.1) is 12.6 Å². The van der Waals surface area contributed by atoms with Crippen LogP contribution in [0.3, 0.4) is 0 Å². The molecule has 2 nitrogen and oxygen atoms in total. The van der Waals surface area contributed by atoms with Gasteiger partial charge in [0.15, 0.2) is 24.1 Å². The number of carbonyl (C=O) groups is 1. The van der Waals surface area contributed by atoms with E-state index in [-0.39, 0.29) is 23.5 Å². The molecule has 0 amide bonds. The molecule has 0 N–H and O–H groups in total. The number of thiol groups is 1. The zero-order valence-corrected chi connectivity index (χ0v) is 11.0. The maximum absolute atomic E-state index is 13.8. The van der Waals surface area contributed by atoms with Crippen LogP contribution in [0.5, 0.6) is 5.75 Å². The van der Waals surface area contributed by atoms with Crippen LogP contribution in [0, 0.1) is 17.5 Å². The van der Waals surface area contributed by atoms with E-state index in [1.807, 2.05) is 0 Å². The van der Waals surface area contributed by atoms with Crippen LogP contribution in [0.4, 0.5) is 13.2 Å². The summed E-state index contributed by atoms with van der Waals surface area (Å²) >= 11 is 3.55. The Morgan fingerprint density at radius 3 is 2.40 bits per heavy atom. The minimum Gasteiger partial charge on any atom is -0.484 e. The topological polar surface area (TPSA) is 26.3 Å². The van der Waals surface area contributed by atoms with Crippen LogP contribution >= 0.6 is 12.6 Å². The van der Waals surface area contributed by atoms with Gasteiger partial charge in [-0.3, -0.25) is 4.79 Å². The zero-order valence-electron chi connectivity index (χ0n) is 10.1. The average molecular weight is 298 g/mol. The minimum absolute atomic E-state index is 0.147. The molecule has 0 radical (unpaired) electrons. The molecule has 6 heteroatoms. The fourth-order valence-electron chi connectivity index (χ4n) is 1.69. The molecule has 2 aromatic carbocycles. The molecule has 0 atom stereocenters. The summed E-state index contributed by atoms with van der Waals surface area (Å²) in [5, 5.41) is -0.509. The second-order valence-electron chi connectivity index (χ2n) is 3.90. The van der Waals surface area contributed by atoms with Crippen molar-refractivity contribution in [2.75, 3.05) is 6.61 Å². The van der Waals surface area contributed by atoms with E-state index in [4.69, 9.17) is 4.74 Å². The number of halogens is 3. The molecule has 0 saturated heterocycles. The molecule has 104 valence electrons. The maximum Gasteiger partial charge on any atom is 0.223 e. The van der Waals surface area contributed by atoms with Gasteiger partial charge in [-0.2, -0.15) is 0 Å². The van der Waals surface area contributed by atoms with Crippen LogP contribution in [0.1, 0.15) is 0 Å². The van der Waals surface area contributed by atoms with Crippen molar-refractivity contribution in [1.29, 1.82) is 0 Å². The summed E-state index contributed by atoms with van der Waals surface area (Å²) in [7, 11) is 0. The first kappa shape index (κ1) is 14.5.